The molecule has 0 aromatic carbocycles. The minimum absolute atomic E-state index is 1.03. The molecule has 1 aliphatic rings. The van der Waals surface area contributed by atoms with E-state index in [4.69, 9.17) is 0 Å². The Morgan fingerprint density at radius 2 is 1.17 bits per heavy atom. The van der Waals surface area contributed by atoms with Gasteiger partial charge in [0.15, 0.2) is 0 Å². The normalized spacial score (nSPS) is 14.5. The number of nitrogens with zero attached hydrogens (tertiary/aromatic N) is 2. The maximum atomic E-state index is 4.63. The van der Waals surface area contributed by atoms with E-state index < -0.39 is 0 Å². The van der Waals surface area contributed by atoms with Crippen LogP contribution in [0.25, 0.3) is 0 Å². The number of amidine groups is 1. The highest BCUT2D eigenvalue weighted by atomic mass is 15.2. The Morgan fingerprint density at radius 1 is 0.696 bits per heavy atom. The molecule has 1 heterocycles. The number of hydrogen-bond acceptors (Lipinski definition) is 2. The predicted octanol–water partition coefficient (Wildman–Crippen LogP) is 6.59. The van der Waals surface area contributed by atoms with Gasteiger partial charge in [-0.05, 0) is 13.3 Å². The summed E-state index contributed by atoms with van der Waals surface area (Å²) < 4.78 is 0. The van der Waals surface area contributed by atoms with Crippen molar-refractivity contribution in [1.29, 1.82) is 0 Å². The molecular weight excluding hydrogens is 280 g/mol. The quantitative estimate of drug-likeness (QED) is 0.293. The standard InChI is InChI=1S/C21H42N2/c1-3-5-6-7-8-9-10-11-12-13-14-15-16-17-18-21-22-19-20-23(21)4-2/h3-20H2,1-2H3. The van der Waals surface area contributed by atoms with Crippen LogP contribution in [0.4, 0.5) is 0 Å². The topological polar surface area (TPSA) is 15.6 Å². The van der Waals surface area contributed by atoms with Crippen LogP contribution in [0.3, 0.4) is 0 Å². The zero-order valence-electron chi connectivity index (χ0n) is 16.1. The third-order valence-electron chi connectivity index (χ3n) is 5.16. The van der Waals surface area contributed by atoms with Gasteiger partial charge in [-0.3, -0.25) is 4.99 Å². The van der Waals surface area contributed by atoms with Gasteiger partial charge in [-0.15, -0.1) is 0 Å². The number of rotatable bonds is 16. The van der Waals surface area contributed by atoms with Crippen LogP contribution in [0.5, 0.6) is 0 Å². The van der Waals surface area contributed by atoms with Crippen molar-refractivity contribution < 1.29 is 0 Å². The van der Waals surface area contributed by atoms with Crippen LogP contribution in [-0.2, 0) is 0 Å². The maximum Gasteiger partial charge on any atom is 0.0990 e. The molecule has 0 aromatic heterocycles. The fourth-order valence-electron chi connectivity index (χ4n) is 3.58. The van der Waals surface area contributed by atoms with Gasteiger partial charge in [0.2, 0.25) is 0 Å². The highest BCUT2D eigenvalue weighted by molar-refractivity contribution is 5.83. The maximum absolute atomic E-state index is 4.63. The fraction of sp³-hybridized carbons (Fsp3) is 0.952. The van der Waals surface area contributed by atoms with Gasteiger partial charge in [0.05, 0.1) is 12.4 Å². The van der Waals surface area contributed by atoms with E-state index in [-0.39, 0.29) is 0 Å². The van der Waals surface area contributed by atoms with Crippen LogP contribution in [0.2, 0.25) is 0 Å². The molecule has 1 rings (SSSR count). The Hall–Kier alpha value is -0.530. The summed E-state index contributed by atoms with van der Waals surface area (Å²) in [7, 11) is 0. The lowest BCUT2D eigenvalue weighted by Gasteiger charge is -2.17. The molecule has 0 saturated carbocycles. The van der Waals surface area contributed by atoms with Gasteiger partial charge >= 0.3 is 0 Å². The van der Waals surface area contributed by atoms with E-state index in [1.807, 2.05) is 0 Å². The fourth-order valence-corrected chi connectivity index (χ4v) is 3.58. The van der Waals surface area contributed by atoms with Crippen molar-refractivity contribution >= 4 is 5.84 Å². The van der Waals surface area contributed by atoms with Gasteiger partial charge in [0, 0.05) is 19.5 Å². The molecule has 2 heteroatoms. The van der Waals surface area contributed by atoms with Gasteiger partial charge < -0.3 is 4.90 Å². The molecule has 136 valence electrons. The van der Waals surface area contributed by atoms with Gasteiger partial charge in [-0.1, -0.05) is 90.4 Å². The van der Waals surface area contributed by atoms with Crippen molar-refractivity contribution in [2.45, 2.75) is 110 Å². The van der Waals surface area contributed by atoms with E-state index in [0.29, 0.717) is 0 Å². The first-order valence-corrected chi connectivity index (χ1v) is 10.7. The summed E-state index contributed by atoms with van der Waals surface area (Å²) in [6.45, 7) is 7.86. The monoisotopic (exact) mass is 322 g/mol. The summed E-state index contributed by atoms with van der Waals surface area (Å²) in [6.07, 6.45) is 21.3. The van der Waals surface area contributed by atoms with Crippen LogP contribution in [0.1, 0.15) is 110 Å². The second kappa shape index (κ2) is 15.0. The molecule has 0 saturated heterocycles. The van der Waals surface area contributed by atoms with Crippen molar-refractivity contribution in [2.75, 3.05) is 19.6 Å². The van der Waals surface area contributed by atoms with E-state index in [2.05, 4.69) is 23.7 Å². The summed E-state index contributed by atoms with van der Waals surface area (Å²) in [6, 6.07) is 0. The van der Waals surface area contributed by atoms with Crippen molar-refractivity contribution in [2.24, 2.45) is 4.99 Å². The van der Waals surface area contributed by atoms with Crippen LogP contribution in [-0.4, -0.2) is 30.4 Å². The molecule has 2 nitrogen and oxygen atoms in total. The zero-order chi connectivity index (χ0) is 16.6. The molecule has 0 atom stereocenters. The molecule has 0 aliphatic carbocycles. The minimum Gasteiger partial charge on any atom is -0.359 e. The second-order valence-corrected chi connectivity index (χ2v) is 7.22. The third kappa shape index (κ3) is 10.8. The highest BCUT2D eigenvalue weighted by Crippen LogP contribution is 2.14. The summed E-state index contributed by atoms with van der Waals surface area (Å²) in [5.74, 6) is 1.38. The number of hydrogen-bond donors (Lipinski definition) is 0. The minimum atomic E-state index is 1.03. The molecular formula is C21H42N2. The summed E-state index contributed by atoms with van der Waals surface area (Å²) in [4.78, 5) is 7.08. The molecule has 0 unspecified atom stereocenters. The largest absolute Gasteiger partial charge is 0.359 e. The lowest BCUT2D eigenvalue weighted by Crippen LogP contribution is -2.27. The molecule has 0 fully saturated rings. The molecule has 0 bridgehead atoms. The smallest absolute Gasteiger partial charge is 0.0990 e. The molecule has 1 aliphatic heterocycles. The van der Waals surface area contributed by atoms with Gasteiger partial charge in [0.25, 0.3) is 0 Å². The molecule has 0 amide bonds. The van der Waals surface area contributed by atoms with E-state index >= 15 is 0 Å². The van der Waals surface area contributed by atoms with Crippen molar-refractivity contribution in [3.63, 3.8) is 0 Å². The number of likely N-dealkylation sites (N-methyl/N-ethyl adjacent to an activating group) is 1. The van der Waals surface area contributed by atoms with Crippen LogP contribution in [0.15, 0.2) is 4.99 Å². The molecule has 0 spiro atoms. The summed E-state index contributed by atoms with van der Waals surface area (Å²) >= 11 is 0. The summed E-state index contributed by atoms with van der Waals surface area (Å²) in [5, 5.41) is 0. The van der Waals surface area contributed by atoms with E-state index in [9.17, 15) is 0 Å². The van der Waals surface area contributed by atoms with Crippen molar-refractivity contribution in [1.82, 2.24) is 4.90 Å². The Labute approximate surface area is 146 Å². The zero-order valence-corrected chi connectivity index (χ0v) is 16.1. The molecule has 0 N–H and O–H groups in total. The molecule has 0 radical (unpaired) electrons. The van der Waals surface area contributed by atoms with Crippen molar-refractivity contribution in [3.8, 4) is 0 Å². The number of unbranched alkanes of at least 4 members (excludes halogenated alkanes) is 13. The van der Waals surface area contributed by atoms with Gasteiger partial charge in [-0.2, -0.15) is 0 Å². The third-order valence-corrected chi connectivity index (χ3v) is 5.16. The second-order valence-electron chi connectivity index (χ2n) is 7.22. The first-order valence-electron chi connectivity index (χ1n) is 10.7. The highest BCUT2D eigenvalue weighted by Gasteiger charge is 2.13. The Balaban J connectivity index is 1.75. The molecule has 0 aromatic rings. The van der Waals surface area contributed by atoms with Crippen LogP contribution < -0.4 is 0 Å². The Kier molecular flexibility index (Phi) is 13.4. The van der Waals surface area contributed by atoms with E-state index in [1.54, 1.807) is 0 Å². The average molecular weight is 323 g/mol. The van der Waals surface area contributed by atoms with Gasteiger partial charge in [-0.25, -0.2) is 0 Å². The lowest BCUT2D eigenvalue weighted by molar-refractivity contribution is 0.469. The lowest BCUT2D eigenvalue weighted by atomic mass is 10.0. The molecule has 23 heavy (non-hydrogen) atoms. The first kappa shape index (κ1) is 20.5. The van der Waals surface area contributed by atoms with Crippen LogP contribution >= 0.6 is 0 Å². The van der Waals surface area contributed by atoms with E-state index in [0.717, 1.165) is 19.6 Å². The summed E-state index contributed by atoms with van der Waals surface area (Å²) in [5.41, 5.74) is 0. The SMILES string of the molecule is CCCCCCCCCCCCCCCCC1=NCCN1CC. The average Bonchev–Trinajstić information content (AvgIpc) is 3.02. The van der Waals surface area contributed by atoms with Gasteiger partial charge in [0.1, 0.15) is 0 Å². The van der Waals surface area contributed by atoms with E-state index in [1.165, 1.54) is 102 Å². The van der Waals surface area contributed by atoms with Crippen LogP contribution in [0, 0.1) is 0 Å². The Bertz CT molecular complexity index is 286. The first-order chi connectivity index (χ1) is 11.4. The van der Waals surface area contributed by atoms with Crippen molar-refractivity contribution in [3.05, 3.63) is 0 Å². The Morgan fingerprint density at radius 3 is 1.65 bits per heavy atom. The predicted molar refractivity (Wildman–Crippen MR) is 104 cm³/mol. The number of aliphatic imine (C=N–C) groups is 1.